The van der Waals surface area contributed by atoms with E-state index in [4.69, 9.17) is 9.84 Å². The van der Waals surface area contributed by atoms with Gasteiger partial charge in [0, 0.05) is 16.1 Å². The van der Waals surface area contributed by atoms with E-state index < -0.39 is 5.97 Å². The van der Waals surface area contributed by atoms with Crippen molar-refractivity contribution in [2.75, 3.05) is 7.11 Å². The molecule has 16 heavy (non-hydrogen) atoms. The maximum Gasteiger partial charge on any atom is 0.355 e. The number of nitrogens with zero attached hydrogens (tertiary/aromatic N) is 1. The first-order valence-corrected chi connectivity index (χ1v) is 5.29. The Morgan fingerprint density at radius 2 is 2.19 bits per heavy atom. The summed E-state index contributed by atoms with van der Waals surface area (Å²) in [5.74, 6) is -0.564. The smallest absolute Gasteiger partial charge is 0.355 e. The zero-order valence-electron chi connectivity index (χ0n) is 8.40. The van der Waals surface area contributed by atoms with Crippen molar-refractivity contribution in [3.05, 3.63) is 34.6 Å². The molecule has 0 bridgehead atoms. The number of rotatable bonds is 2. The first kappa shape index (κ1) is 10.9. The summed E-state index contributed by atoms with van der Waals surface area (Å²) in [6.07, 6.45) is 1.47. The van der Waals surface area contributed by atoms with Gasteiger partial charge in [-0.2, -0.15) is 0 Å². The molecule has 1 aromatic carbocycles. The van der Waals surface area contributed by atoms with Gasteiger partial charge in [0.1, 0.15) is 5.75 Å². The highest BCUT2D eigenvalue weighted by Gasteiger charge is 2.15. The molecule has 4 nitrogen and oxygen atoms in total. The van der Waals surface area contributed by atoms with Crippen LogP contribution in [0.3, 0.4) is 0 Å². The summed E-state index contributed by atoms with van der Waals surface area (Å²) in [6, 6.07) is 5.27. The third-order valence-corrected chi connectivity index (χ3v) is 2.95. The molecule has 0 atom stereocenters. The Kier molecular flexibility index (Phi) is 2.78. The number of hydrogen-bond donors (Lipinski definition) is 1. The Morgan fingerprint density at radius 1 is 1.44 bits per heavy atom. The number of methoxy groups -OCH3 is 1. The standard InChI is InChI=1S/C11H8BrNO3/c1-16-8-3-2-7(12)6-4-5-13-10(9(6)8)11(14)15/h2-5H,1H3,(H,14,15). The van der Waals surface area contributed by atoms with Crippen LogP contribution in [0.25, 0.3) is 10.8 Å². The Balaban J connectivity index is 2.93. The Labute approximate surface area is 100.0 Å². The summed E-state index contributed by atoms with van der Waals surface area (Å²) in [5, 5.41) is 10.3. The maximum atomic E-state index is 11.1. The molecule has 0 aliphatic heterocycles. The molecule has 2 rings (SSSR count). The van der Waals surface area contributed by atoms with E-state index in [9.17, 15) is 4.79 Å². The van der Waals surface area contributed by atoms with Crippen LogP contribution in [-0.4, -0.2) is 23.2 Å². The molecule has 0 fully saturated rings. The monoisotopic (exact) mass is 281 g/mol. The molecule has 2 aromatic rings. The van der Waals surface area contributed by atoms with Crippen molar-refractivity contribution in [3.8, 4) is 5.75 Å². The van der Waals surface area contributed by atoms with Crippen LogP contribution in [0.1, 0.15) is 10.5 Å². The molecule has 1 N–H and O–H groups in total. The van der Waals surface area contributed by atoms with Crippen molar-refractivity contribution in [2.24, 2.45) is 0 Å². The lowest BCUT2D eigenvalue weighted by Crippen LogP contribution is -2.02. The Bertz CT molecular complexity index is 568. The van der Waals surface area contributed by atoms with E-state index in [-0.39, 0.29) is 5.69 Å². The topological polar surface area (TPSA) is 59.4 Å². The molecule has 0 unspecified atom stereocenters. The van der Waals surface area contributed by atoms with Crippen LogP contribution in [-0.2, 0) is 0 Å². The van der Waals surface area contributed by atoms with Crippen LogP contribution >= 0.6 is 15.9 Å². The van der Waals surface area contributed by atoms with E-state index in [1.807, 2.05) is 6.07 Å². The number of halogens is 1. The molecule has 82 valence electrons. The number of aromatic nitrogens is 1. The van der Waals surface area contributed by atoms with E-state index in [1.165, 1.54) is 13.3 Å². The van der Waals surface area contributed by atoms with Crippen LogP contribution in [0, 0.1) is 0 Å². The molecule has 0 spiro atoms. The van der Waals surface area contributed by atoms with Crippen LogP contribution in [0.5, 0.6) is 5.75 Å². The molecular weight excluding hydrogens is 274 g/mol. The highest BCUT2D eigenvalue weighted by atomic mass is 79.9. The van der Waals surface area contributed by atoms with Crippen LogP contribution in [0.4, 0.5) is 0 Å². The van der Waals surface area contributed by atoms with Crippen LogP contribution in [0.15, 0.2) is 28.9 Å². The Morgan fingerprint density at radius 3 is 2.81 bits per heavy atom. The van der Waals surface area contributed by atoms with Crippen molar-refractivity contribution in [1.29, 1.82) is 0 Å². The molecule has 0 amide bonds. The molecular formula is C11H8BrNO3. The minimum Gasteiger partial charge on any atom is -0.496 e. The third kappa shape index (κ3) is 1.63. The van der Waals surface area contributed by atoms with Gasteiger partial charge in [-0.3, -0.25) is 0 Å². The highest BCUT2D eigenvalue weighted by Crippen LogP contribution is 2.33. The molecule has 0 radical (unpaired) electrons. The number of carboxylic acid groups (broad SMARTS) is 1. The number of ether oxygens (including phenoxy) is 1. The number of carboxylic acids is 1. The largest absolute Gasteiger partial charge is 0.496 e. The molecule has 5 heteroatoms. The van der Waals surface area contributed by atoms with Gasteiger partial charge in [0.05, 0.1) is 12.5 Å². The number of benzene rings is 1. The van der Waals surface area contributed by atoms with E-state index in [0.29, 0.717) is 11.1 Å². The van der Waals surface area contributed by atoms with Crippen molar-refractivity contribution in [1.82, 2.24) is 4.98 Å². The van der Waals surface area contributed by atoms with Gasteiger partial charge in [-0.1, -0.05) is 15.9 Å². The van der Waals surface area contributed by atoms with Gasteiger partial charge < -0.3 is 9.84 Å². The second kappa shape index (κ2) is 4.09. The Hall–Kier alpha value is -1.62. The number of carbonyl (C=O) groups is 1. The van der Waals surface area contributed by atoms with E-state index in [2.05, 4.69) is 20.9 Å². The summed E-state index contributed by atoms with van der Waals surface area (Å²) in [5.41, 5.74) is -0.00403. The quantitative estimate of drug-likeness (QED) is 0.920. The normalized spacial score (nSPS) is 10.4. The van der Waals surface area contributed by atoms with E-state index >= 15 is 0 Å². The van der Waals surface area contributed by atoms with Gasteiger partial charge in [0.15, 0.2) is 5.69 Å². The summed E-state index contributed by atoms with van der Waals surface area (Å²) in [4.78, 5) is 14.9. The summed E-state index contributed by atoms with van der Waals surface area (Å²) in [7, 11) is 1.50. The minimum absolute atomic E-state index is 0.00403. The van der Waals surface area contributed by atoms with Gasteiger partial charge >= 0.3 is 5.97 Å². The number of aromatic carboxylic acids is 1. The zero-order valence-corrected chi connectivity index (χ0v) is 9.98. The van der Waals surface area contributed by atoms with E-state index in [1.54, 1.807) is 12.1 Å². The fourth-order valence-corrected chi connectivity index (χ4v) is 2.03. The zero-order chi connectivity index (χ0) is 11.7. The second-order valence-electron chi connectivity index (χ2n) is 3.14. The number of fused-ring (bicyclic) bond motifs is 1. The summed E-state index contributed by atoms with van der Waals surface area (Å²) in [6.45, 7) is 0. The first-order valence-electron chi connectivity index (χ1n) is 4.49. The van der Waals surface area contributed by atoms with Crippen LogP contribution in [0.2, 0.25) is 0 Å². The van der Waals surface area contributed by atoms with Gasteiger partial charge in [-0.25, -0.2) is 9.78 Å². The molecule has 0 aliphatic carbocycles. The van der Waals surface area contributed by atoms with Gasteiger partial charge in [0.2, 0.25) is 0 Å². The van der Waals surface area contributed by atoms with Gasteiger partial charge in [-0.15, -0.1) is 0 Å². The summed E-state index contributed by atoms with van der Waals surface area (Å²) >= 11 is 3.37. The number of hydrogen-bond acceptors (Lipinski definition) is 3. The lowest BCUT2D eigenvalue weighted by Gasteiger charge is -2.08. The molecule has 0 saturated carbocycles. The SMILES string of the molecule is COc1ccc(Br)c2ccnc(C(=O)O)c12. The predicted molar refractivity (Wildman–Crippen MR) is 63.0 cm³/mol. The fourth-order valence-electron chi connectivity index (χ4n) is 1.56. The van der Waals surface area contributed by atoms with Crippen molar-refractivity contribution in [3.63, 3.8) is 0 Å². The average Bonchev–Trinajstić information content (AvgIpc) is 2.29. The van der Waals surface area contributed by atoms with Gasteiger partial charge in [0.25, 0.3) is 0 Å². The minimum atomic E-state index is -1.07. The van der Waals surface area contributed by atoms with Crippen molar-refractivity contribution >= 4 is 32.7 Å². The number of pyridine rings is 1. The average molecular weight is 282 g/mol. The summed E-state index contributed by atoms with van der Waals surface area (Å²) < 4.78 is 5.96. The molecule has 1 heterocycles. The molecule has 1 aromatic heterocycles. The lowest BCUT2D eigenvalue weighted by atomic mass is 10.1. The first-order chi connectivity index (χ1) is 7.65. The van der Waals surface area contributed by atoms with Crippen molar-refractivity contribution in [2.45, 2.75) is 0 Å². The lowest BCUT2D eigenvalue weighted by molar-refractivity contribution is 0.0692. The third-order valence-electron chi connectivity index (χ3n) is 2.26. The fraction of sp³-hybridized carbons (Fsp3) is 0.0909. The predicted octanol–water partition coefficient (Wildman–Crippen LogP) is 2.70. The van der Waals surface area contributed by atoms with E-state index in [0.717, 1.165) is 9.86 Å². The maximum absolute atomic E-state index is 11.1. The second-order valence-corrected chi connectivity index (χ2v) is 3.99. The van der Waals surface area contributed by atoms with Gasteiger partial charge in [-0.05, 0) is 18.2 Å². The van der Waals surface area contributed by atoms with Crippen molar-refractivity contribution < 1.29 is 14.6 Å². The molecule has 0 saturated heterocycles. The van der Waals surface area contributed by atoms with Crippen LogP contribution < -0.4 is 4.74 Å². The molecule has 0 aliphatic rings. The highest BCUT2D eigenvalue weighted by molar-refractivity contribution is 9.10.